The minimum absolute atomic E-state index is 0.175. The monoisotopic (exact) mass is 299 g/mol. The number of nitrogens with one attached hydrogen (secondary N) is 1. The lowest BCUT2D eigenvalue weighted by molar-refractivity contribution is -0.141. The van der Waals surface area contributed by atoms with Crippen LogP contribution in [-0.4, -0.2) is 12.2 Å². The standard InChI is InChI=1S/C17H24F3N/c1-12-8-9-15(13(2)10-12)21-16(11-17(18,19)20)14-6-4-3-5-7-14/h3-7,12-13,15-16,21H,8-11H2,1-2H3. The zero-order valence-electron chi connectivity index (χ0n) is 12.7. The van der Waals surface area contributed by atoms with Gasteiger partial charge in [-0.15, -0.1) is 0 Å². The maximum Gasteiger partial charge on any atom is 0.390 e. The minimum Gasteiger partial charge on any atom is -0.307 e. The van der Waals surface area contributed by atoms with Crippen molar-refractivity contribution in [1.82, 2.24) is 5.32 Å². The SMILES string of the molecule is CC1CCC(NC(CC(F)(F)F)c2ccccc2)C(C)C1. The predicted molar refractivity (Wildman–Crippen MR) is 79.0 cm³/mol. The number of alkyl halides is 3. The van der Waals surface area contributed by atoms with Crippen molar-refractivity contribution in [2.45, 2.75) is 57.8 Å². The fourth-order valence-corrected chi connectivity index (χ4v) is 3.36. The first-order valence-corrected chi connectivity index (χ1v) is 7.73. The number of rotatable bonds is 4. The Morgan fingerprint density at radius 2 is 1.81 bits per heavy atom. The molecule has 118 valence electrons. The van der Waals surface area contributed by atoms with Gasteiger partial charge >= 0.3 is 6.18 Å². The zero-order valence-corrected chi connectivity index (χ0v) is 12.7. The Bertz CT molecular complexity index is 429. The number of benzene rings is 1. The first-order chi connectivity index (χ1) is 9.85. The second kappa shape index (κ2) is 6.82. The highest BCUT2D eigenvalue weighted by atomic mass is 19.4. The van der Waals surface area contributed by atoms with Crippen molar-refractivity contribution in [3.63, 3.8) is 0 Å². The van der Waals surface area contributed by atoms with Crippen LogP contribution in [0.1, 0.15) is 51.1 Å². The first kappa shape index (κ1) is 16.3. The lowest BCUT2D eigenvalue weighted by Gasteiger charge is -2.36. The lowest BCUT2D eigenvalue weighted by Crippen LogP contribution is -2.42. The highest BCUT2D eigenvalue weighted by molar-refractivity contribution is 5.19. The molecule has 1 aromatic rings. The second-order valence-electron chi connectivity index (χ2n) is 6.45. The van der Waals surface area contributed by atoms with Crippen molar-refractivity contribution in [2.75, 3.05) is 0 Å². The Morgan fingerprint density at radius 1 is 1.14 bits per heavy atom. The van der Waals surface area contributed by atoms with Crippen LogP contribution < -0.4 is 5.32 Å². The lowest BCUT2D eigenvalue weighted by atomic mass is 9.79. The second-order valence-corrected chi connectivity index (χ2v) is 6.45. The van der Waals surface area contributed by atoms with E-state index in [-0.39, 0.29) is 6.04 Å². The largest absolute Gasteiger partial charge is 0.390 e. The van der Waals surface area contributed by atoms with Gasteiger partial charge in [0.05, 0.1) is 6.42 Å². The van der Waals surface area contributed by atoms with Gasteiger partial charge in [0.1, 0.15) is 0 Å². The van der Waals surface area contributed by atoms with Gasteiger partial charge in [0.25, 0.3) is 0 Å². The molecule has 2 rings (SSSR count). The maximum absolute atomic E-state index is 12.9. The summed E-state index contributed by atoms with van der Waals surface area (Å²) in [7, 11) is 0. The summed E-state index contributed by atoms with van der Waals surface area (Å²) in [6.07, 6.45) is -1.82. The van der Waals surface area contributed by atoms with Crippen LogP contribution in [0.4, 0.5) is 13.2 Å². The molecule has 4 unspecified atom stereocenters. The normalized spacial score (nSPS) is 28.3. The van der Waals surface area contributed by atoms with Gasteiger partial charge in [0.15, 0.2) is 0 Å². The molecule has 21 heavy (non-hydrogen) atoms. The smallest absolute Gasteiger partial charge is 0.307 e. The summed E-state index contributed by atoms with van der Waals surface area (Å²) < 4.78 is 38.6. The van der Waals surface area contributed by atoms with Gasteiger partial charge < -0.3 is 5.32 Å². The van der Waals surface area contributed by atoms with Crippen molar-refractivity contribution in [1.29, 1.82) is 0 Å². The van der Waals surface area contributed by atoms with E-state index in [1.54, 1.807) is 24.3 Å². The molecule has 0 spiro atoms. The Balaban J connectivity index is 2.09. The Kier molecular flexibility index (Phi) is 5.31. The molecule has 1 aromatic carbocycles. The number of hydrogen-bond acceptors (Lipinski definition) is 1. The van der Waals surface area contributed by atoms with Crippen LogP contribution in [0.2, 0.25) is 0 Å². The zero-order chi connectivity index (χ0) is 15.5. The van der Waals surface area contributed by atoms with E-state index in [1.165, 1.54) is 0 Å². The van der Waals surface area contributed by atoms with Gasteiger partial charge in [0.2, 0.25) is 0 Å². The van der Waals surface area contributed by atoms with Crippen LogP contribution in [-0.2, 0) is 0 Å². The van der Waals surface area contributed by atoms with Gasteiger partial charge in [-0.2, -0.15) is 13.2 Å². The molecule has 1 nitrogen and oxygen atoms in total. The van der Waals surface area contributed by atoms with Crippen molar-refractivity contribution < 1.29 is 13.2 Å². The van der Waals surface area contributed by atoms with Gasteiger partial charge in [0, 0.05) is 12.1 Å². The first-order valence-electron chi connectivity index (χ1n) is 7.73. The Hall–Kier alpha value is -1.03. The van der Waals surface area contributed by atoms with E-state index in [1.807, 2.05) is 6.07 Å². The van der Waals surface area contributed by atoms with Crippen LogP contribution in [0.25, 0.3) is 0 Å². The Labute approximate surface area is 124 Å². The average Bonchev–Trinajstić information content (AvgIpc) is 2.40. The molecule has 1 aliphatic carbocycles. The molecule has 1 fully saturated rings. The molecule has 1 saturated carbocycles. The molecule has 4 heteroatoms. The summed E-state index contributed by atoms with van der Waals surface area (Å²) in [5, 5.41) is 3.28. The van der Waals surface area contributed by atoms with Crippen molar-refractivity contribution in [3.8, 4) is 0 Å². The minimum atomic E-state index is -4.15. The highest BCUT2D eigenvalue weighted by Crippen LogP contribution is 2.34. The molecule has 0 aliphatic heterocycles. The molecule has 1 aliphatic rings. The fourth-order valence-electron chi connectivity index (χ4n) is 3.36. The van der Waals surface area contributed by atoms with Crippen LogP contribution in [0.15, 0.2) is 30.3 Å². The molecule has 0 amide bonds. The molecule has 0 heterocycles. The topological polar surface area (TPSA) is 12.0 Å². The van der Waals surface area contributed by atoms with E-state index in [4.69, 9.17) is 0 Å². The Morgan fingerprint density at radius 3 is 2.38 bits per heavy atom. The van der Waals surface area contributed by atoms with E-state index < -0.39 is 18.6 Å². The third-order valence-corrected chi connectivity index (χ3v) is 4.48. The summed E-state index contributed by atoms with van der Waals surface area (Å²) >= 11 is 0. The molecule has 0 aromatic heterocycles. The van der Waals surface area contributed by atoms with E-state index in [9.17, 15) is 13.2 Å². The van der Waals surface area contributed by atoms with Crippen LogP contribution in [0.5, 0.6) is 0 Å². The van der Waals surface area contributed by atoms with Gasteiger partial charge in [-0.25, -0.2) is 0 Å². The molecule has 0 bridgehead atoms. The molecule has 1 N–H and O–H groups in total. The third-order valence-electron chi connectivity index (χ3n) is 4.48. The van der Waals surface area contributed by atoms with Crippen LogP contribution in [0, 0.1) is 11.8 Å². The van der Waals surface area contributed by atoms with Crippen LogP contribution >= 0.6 is 0 Å². The van der Waals surface area contributed by atoms with E-state index >= 15 is 0 Å². The number of hydrogen-bond donors (Lipinski definition) is 1. The van der Waals surface area contributed by atoms with Gasteiger partial charge in [-0.3, -0.25) is 0 Å². The van der Waals surface area contributed by atoms with E-state index in [0.717, 1.165) is 24.8 Å². The van der Waals surface area contributed by atoms with E-state index in [2.05, 4.69) is 19.2 Å². The summed E-state index contributed by atoms with van der Waals surface area (Å²) in [4.78, 5) is 0. The summed E-state index contributed by atoms with van der Waals surface area (Å²) in [6.45, 7) is 4.36. The summed E-state index contributed by atoms with van der Waals surface area (Å²) in [5.41, 5.74) is 0.723. The highest BCUT2D eigenvalue weighted by Gasteiger charge is 2.35. The quantitative estimate of drug-likeness (QED) is 0.816. The van der Waals surface area contributed by atoms with Gasteiger partial charge in [-0.1, -0.05) is 44.2 Å². The average molecular weight is 299 g/mol. The predicted octanol–water partition coefficient (Wildman–Crippen LogP) is 5.09. The number of halogens is 3. The molecule has 4 atom stereocenters. The van der Waals surface area contributed by atoms with Crippen LogP contribution in [0.3, 0.4) is 0 Å². The molecular formula is C17H24F3N. The van der Waals surface area contributed by atoms with Gasteiger partial charge in [-0.05, 0) is 36.7 Å². The third kappa shape index (κ3) is 5.03. The fraction of sp³-hybridized carbons (Fsp3) is 0.647. The van der Waals surface area contributed by atoms with E-state index in [0.29, 0.717) is 11.8 Å². The molecule has 0 radical (unpaired) electrons. The summed E-state index contributed by atoms with van der Waals surface area (Å²) in [5.74, 6) is 1.10. The van der Waals surface area contributed by atoms with Crippen molar-refractivity contribution >= 4 is 0 Å². The maximum atomic E-state index is 12.9. The molecule has 0 saturated heterocycles. The van der Waals surface area contributed by atoms with Crippen molar-refractivity contribution in [3.05, 3.63) is 35.9 Å². The van der Waals surface area contributed by atoms with Crippen molar-refractivity contribution in [2.24, 2.45) is 11.8 Å². The molecular weight excluding hydrogens is 275 g/mol. The summed E-state index contributed by atoms with van der Waals surface area (Å²) in [6, 6.07) is 8.51.